The van der Waals surface area contributed by atoms with Crippen molar-refractivity contribution in [1.82, 2.24) is 15.3 Å². The highest BCUT2D eigenvalue weighted by atomic mass is 19.4. The Kier molecular flexibility index (Phi) is 9.70. The fraction of sp³-hybridized carbons (Fsp3) is 0.438. The van der Waals surface area contributed by atoms with Crippen molar-refractivity contribution < 1.29 is 27.5 Å². The first kappa shape index (κ1) is 32.6. The van der Waals surface area contributed by atoms with E-state index in [0.29, 0.717) is 26.2 Å². The van der Waals surface area contributed by atoms with E-state index in [4.69, 9.17) is 0 Å². The fourth-order valence-corrected chi connectivity index (χ4v) is 6.23. The zero-order valence-corrected chi connectivity index (χ0v) is 25.9. The summed E-state index contributed by atoms with van der Waals surface area (Å²) in [7, 11) is 0. The van der Waals surface area contributed by atoms with Gasteiger partial charge in [0.25, 0.3) is 5.91 Å². The second-order valence-electron chi connectivity index (χ2n) is 10.6. The van der Waals surface area contributed by atoms with E-state index in [1.165, 1.54) is 12.1 Å². The lowest BCUT2D eigenvalue weighted by molar-refractivity contribution is -0.274. The minimum Gasteiger partial charge on any atom is -0.406 e. The summed E-state index contributed by atoms with van der Waals surface area (Å²) in [6.45, 7) is 14.8. The lowest BCUT2D eigenvalue weighted by atomic mass is 9.69. The topological polar surface area (TPSA) is 90.9 Å². The molecule has 2 atom stereocenters. The molecule has 44 heavy (non-hydrogen) atoms. The number of ether oxygens (including phenoxy) is 1. The van der Waals surface area contributed by atoms with Crippen LogP contribution in [-0.4, -0.2) is 60.0 Å². The normalized spacial score (nSPS) is 18.2. The van der Waals surface area contributed by atoms with Gasteiger partial charge in [-0.25, -0.2) is 9.69 Å². The first-order valence-electron chi connectivity index (χ1n) is 14.8. The summed E-state index contributed by atoms with van der Waals surface area (Å²) in [5.74, 6) is -2.08. The van der Waals surface area contributed by atoms with Gasteiger partial charge in [-0.05, 0) is 75.2 Å². The average Bonchev–Trinajstić information content (AvgIpc) is 3.28. The molecule has 9 nitrogen and oxygen atoms in total. The maximum atomic E-state index is 14.8. The number of benzene rings is 1. The smallest absolute Gasteiger partial charge is 0.406 e. The number of halogens is 3. The third kappa shape index (κ3) is 6.02. The Balaban J connectivity index is 1.90. The Hall–Kier alpha value is -4.35. The van der Waals surface area contributed by atoms with Gasteiger partial charge in [-0.15, -0.1) is 13.2 Å². The summed E-state index contributed by atoms with van der Waals surface area (Å²) in [6.07, 6.45) is 2.00. The van der Waals surface area contributed by atoms with E-state index in [1.807, 2.05) is 53.7 Å². The van der Waals surface area contributed by atoms with Crippen LogP contribution in [0.15, 0.2) is 61.2 Å². The van der Waals surface area contributed by atoms with Gasteiger partial charge in [0.05, 0.1) is 29.5 Å². The van der Waals surface area contributed by atoms with Gasteiger partial charge < -0.3 is 19.9 Å². The lowest BCUT2D eigenvalue weighted by Crippen LogP contribution is -2.55. The number of aromatic nitrogens is 2. The molecule has 1 N–H and O–H groups in total. The number of hydrogen-bond acceptors (Lipinski definition) is 7. The number of nitrogens with zero attached hydrogens (tertiary/aromatic N) is 5. The molecule has 2 aromatic heterocycles. The monoisotopic (exact) mass is 612 g/mol. The molecule has 0 saturated carbocycles. The Labute approximate surface area is 256 Å². The van der Waals surface area contributed by atoms with E-state index < -0.39 is 41.4 Å². The van der Waals surface area contributed by atoms with Crippen molar-refractivity contribution in [3.8, 4) is 5.75 Å². The molecule has 0 radical (unpaired) electrons. The van der Waals surface area contributed by atoms with Gasteiger partial charge in [-0.3, -0.25) is 14.8 Å². The van der Waals surface area contributed by atoms with Crippen molar-refractivity contribution >= 4 is 29.0 Å². The van der Waals surface area contributed by atoms with Crippen LogP contribution in [0.25, 0.3) is 0 Å². The van der Waals surface area contributed by atoms with Gasteiger partial charge in [0.2, 0.25) is 0 Å². The van der Waals surface area contributed by atoms with Crippen molar-refractivity contribution in [2.45, 2.75) is 65.3 Å². The van der Waals surface area contributed by atoms with Crippen LogP contribution in [0.3, 0.4) is 0 Å². The fourth-order valence-electron chi connectivity index (χ4n) is 6.23. The standard InChI is InChI=1S/C32H39F3N6O3/c1-7-39(8-2)27-19-36-17-15-25(27)21(5)31(22(6)26-16-18-37-20-28(26)40(9-3)10-4)29(42)41(30(43)38-31)23-11-13-24(14-12-23)44-32(33,34)35/h11-22H,7-10H2,1-6H3,(H,38,43). The van der Waals surface area contributed by atoms with E-state index in [9.17, 15) is 22.8 Å². The molecule has 0 spiro atoms. The summed E-state index contributed by atoms with van der Waals surface area (Å²) < 4.78 is 42.3. The van der Waals surface area contributed by atoms with Crippen LogP contribution in [0.5, 0.6) is 5.75 Å². The Morgan fingerprint density at radius 2 is 1.27 bits per heavy atom. The predicted molar refractivity (Wildman–Crippen MR) is 164 cm³/mol. The highest BCUT2D eigenvalue weighted by Gasteiger charge is 2.59. The number of carbonyl (C=O) groups is 2. The summed E-state index contributed by atoms with van der Waals surface area (Å²) in [6, 6.07) is 7.77. The Morgan fingerprint density at radius 1 is 0.818 bits per heavy atom. The predicted octanol–water partition coefficient (Wildman–Crippen LogP) is 6.47. The number of amides is 3. The highest BCUT2D eigenvalue weighted by Crippen LogP contribution is 2.48. The number of pyridine rings is 2. The molecule has 3 aromatic rings. The number of rotatable bonds is 12. The minimum absolute atomic E-state index is 0.126. The molecule has 3 heterocycles. The van der Waals surface area contributed by atoms with Gasteiger partial charge in [0.15, 0.2) is 0 Å². The molecule has 1 aromatic carbocycles. The molecule has 0 bridgehead atoms. The number of anilines is 3. The molecule has 1 aliphatic heterocycles. The molecule has 1 saturated heterocycles. The van der Waals surface area contributed by atoms with Crippen LogP contribution < -0.4 is 24.8 Å². The van der Waals surface area contributed by atoms with Crippen LogP contribution in [0, 0.1) is 0 Å². The third-order valence-electron chi connectivity index (χ3n) is 8.58. The number of carbonyl (C=O) groups excluding carboxylic acids is 2. The van der Waals surface area contributed by atoms with Crippen molar-refractivity contribution in [3.05, 3.63) is 72.3 Å². The molecular formula is C32H39F3N6O3. The summed E-state index contributed by atoms with van der Waals surface area (Å²) in [5.41, 5.74) is 2.01. The first-order chi connectivity index (χ1) is 20.9. The number of nitrogens with one attached hydrogen (secondary N) is 1. The second-order valence-corrected chi connectivity index (χ2v) is 10.6. The summed E-state index contributed by atoms with van der Waals surface area (Å²) >= 11 is 0. The quantitative estimate of drug-likeness (QED) is 0.235. The molecule has 12 heteroatoms. The second kappa shape index (κ2) is 13.1. The van der Waals surface area contributed by atoms with E-state index in [2.05, 4.69) is 29.8 Å². The maximum Gasteiger partial charge on any atom is 0.573 e. The first-order valence-corrected chi connectivity index (χ1v) is 14.8. The molecule has 236 valence electrons. The highest BCUT2D eigenvalue weighted by molar-refractivity contribution is 6.24. The maximum absolute atomic E-state index is 14.8. The van der Waals surface area contributed by atoms with Gasteiger partial charge in [0.1, 0.15) is 11.3 Å². The third-order valence-corrected chi connectivity index (χ3v) is 8.58. The van der Waals surface area contributed by atoms with Crippen LogP contribution >= 0.6 is 0 Å². The van der Waals surface area contributed by atoms with Crippen molar-refractivity contribution in [1.29, 1.82) is 0 Å². The van der Waals surface area contributed by atoms with E-state index in [1.54, 1.807) is 24.8 Å². The molecule has 1 fully saturated rings. The van der Waals surface area contributed by atoms with E-state index in [-0.39, 0.29) is 5.69 Å². The van der Waals surface area contributed by atoms with Crippen LogP contribution in [0.2, 0.25) is 0 Å². The summed E-state index contributed by atoms with van der Waals surface area (Å²) in [4.78, 5) is 42.6. The summed E-state index contributed by atoms with van der Waals surface area (Å²) in [5, 5.41) is 3.07. The molecule has 4 rings (SSSR count). The van der Waals surface area contributed by atoms with Crippen LogP contribution in [0.4, 0.5) is 35.0 Å². The molecule has 3 amide bonds. The zero-order chi connectivity index (χ0) is 32.2. The largest absolute Gasteiger partial charge is 0.573 e. The molecule has 0 aliphatic carbocycles. The van der Waals surface area contributed by atoms with Gasteiger partial charge in [-0.2, -0.15) is 0 Å². The minimum atomic E-state index is -4.87. The number of alkyl halides is 3. The van der Waals surface area contributed by atoms with Gasteiger partial charge in [-0.1, -0.05) is 13.8 Å². The SMILES string of the molecule is CCN(CC)c1cnccc1C(C)C1(C(C)c2ccncc2N(CC)CC)NC(=O)N(c2ccc(OC(F)(F)F)cc2)C1=O. The van der Waals surface area contributed by atoms with Crippen molar-refractivity contribution in [3.63, 3.8) is 0 Å². The van der Waals surface area contributed by atoms with Crippen LogP contribution in [0.1, 0.15) is 64.5 Å². The molecular weight excluding hydrogens is 573 g/mol. The molecule has 1 aliphatic rings. The van der Waals surface area contributed by atoms with E-state index >= 15 is 0 Å². The number of urea groups is 1. The van der Waals surface area contributed by atoms with Crippen molar-refractivity contribution in [2.75, 3.05) is 40.9 Å². The number of hydrogen-bond donors (Lipinski definition) is 1. The van der Waals surface area contributed by atoms with Crippen molar-refractivity contribution in [2.24, 2.45) is 0 Å². The van der Waals surface area contributed by atoms with Crippen LogP contribution in [-0.2, 0) is 4.79 Å². The lowest BCUT2D eigenvalue weighted by Gasteiger charge is -2.41. The Bertz CT molecular complexity index is 1400. The average molecular weight is 613 g/mol. The van der Waals surface area contributed by atoms with Gasteiger partial charge >= 0.3 is 12.4 Å². The molecule has 2 unspecified atom stereocenters. The number of imide groups is 1. The van der Waals surface area contributed by atoms with Gasteiger partial charge in [0, 0.05) is 50.4 Å². The van der Waals surface area contributed by atoms with E-state index in [0.717, 1.165) is 39.5 Å². The Morgan fingerprint density at radius 3 is 1.68 bits per heavy atom. The zero-order valence-electron chi connectivity index (χ0n) is 25.9.